The molecule has 0 saturated carbocycles. The van der Waals surface area contributed by atoms with E-state index in [1.165, 1.54) is 4.90 Å². The van der Waals surface area contributed by atoms with Gasteiger partial charge in [0.25, 0.3) is 5.91 Å². The van der Waals surface area contributed by atoms with Gasteiger partial charge in [0.2, 0.25) is 0 Å². The number of aryl methyl sites for hydroxylation is 2. The molecule has 1 aromatic heterocycles. The van der Waals surface area contributed by atoms with Crippen LogP contribution in [-0.4, -0.2) is 39.2 Å². The SMILES string of the molecule is Cc1c(O[C@@H](C)C(=O)NCCC[NH+](C)C)ccc2c3c(c(=O)oc12)CCC3. The molecule has 1 heterocycles. The molecule has 1 amide bonds. The van der Waals surface area contributed by atoms with E-state index in [-0.39, 0.29) is 11.5 Å². The Bertz CT molecular complexity index is 901. The van der Waals surface area contributed by atoms with Crippen LogP contribution in [0.4, 0.5) is 0 Å². The molecule has 1 aliphatic carbocycles. The van der Waals surface area contributed by atoms with E-state index in [9.17, 15) is 9.59 Å². The van der Waals surface area contributed by atoms with Gasteiger partial charge < -0.3 is 19.4 Å². The molecule has 0 bridgehead atoms. The van der Waals surface area contributed by atoms with Crippen LogP contribution in [0.3, 0.4) is 0 Å². The van der Waals surface area contributed by atoms with Crippen molar-refractivity contribution in [3.63, 3.8) is 0 Å². The maximum atomic E-state index is 12.3. The van der Waals surface area contributed by atoms with Crippen molar-refractivity contribution in [2.75, 3.05) is 27.2 Å². The van der Waals surface area contributed by atoms with E-state index in [1.54, 1.807) is 6.92 Å². The molecule has 0 saturated heterocycles. The second-order valence-corrected chi connectivity index (χ2v) is 7.63. The van der Waals surface area contributed by atoms with Gasteiger partial charge in [-0.05, 0) is 50.8 Å². The molecule has 1 aromatic carbocycles. The Morgan fingerprint density at radius 2 is 2.04 bits per heavy atom. The van der Waals surface area contributed by atoms with Crippen molar-refractivity contribution in [3.8, 4) is 5.75 Å². The van der Waals surface area contributed by atoms with Crippen molar-refractivity contribution in [3.05, 3.63) is 39.2 Å². The first-order valence-corrected chi connectivity index (χ1v) is 9.70. The van der Waals surface area contributed by atoms with Crippen LogP contribution in [0.2, 0.25) is 0 Å². The number of ether oxygens (including phenoxy) is 1. The van der Waals surface area contributed by atoms with Crippen LogP contribution in [0.25, 0.3) is 11.0 Å². The Balaban J connectivity index is 1.74. The van der Waals surface area contributed by atoms with Crippen LogP contribution in [0.1, 0.15) is 36.5 Å². The van der Waals surface area contributed by atoms with Gasteiger partial charge in [-0.3, -0.25) is 4.79 Å². The fourth-order valence-electron chi connectivity index (χ4n) is 3.63. The Hall–Kier alpha value is -2.34. The molecule has 6 heteroatoms. The van der Waals surface area contributed by atoms with E-state index in [0.717, 1.165) is 54.3 Å². The number of benzene rings is 1. The quantitative estimate of drug-likeness (QED) is 0.561. The molecule has 27 heavy (non-hydrogen) atoms. The summed E-state index contributed by atoms with van der Waals surface area (Å²) in [6.45, 7) is 5.24. The van der Waals surface area contributed by atoms with Gasteiger partial charge in [0.05, 0.1) is 20.6 Å². The molecular formula is C21H29N2O4+. The summed E-state index contributed by atoms with van der Waals surface area (Å²) in [6, 6.07) is 3.81. The fourth-order valence-corrected chi connectivity index (χ4v) is 3.63. The van der Waals surface area contributed by atoms with Crippen LogP contribution in [-0.2, 0) is 17.6 Å². The van der Waals surface area contributed by atoms with E-state index in [2.05, 4.69) is 19.4 Å². The lowest BCUT2D eigenvalue weighted by molar-refractivity contribution is -0.858. The van der Waals surface area contributed by atoms with Crippen molar-refractivity contribution >= 4 is 16.9 Å². The van der Waals surface area contributed by atoms with E-state index < -0.39 is 6.10 Å². The highest BCUT2D eigenvalue weighted by atomic mass is 16.5. The van der Waals surface area contributed by atoms with Crippen molar-refractivity contribution in [1.29, 1.82) is 0 Å². The molecule has 1 aliphatic rings. The van der Waals surface area contributed by atoms with Gasteiger partial charge >= 0.3 is 5.63 Å². The van der Waals surface area contributed by atoms with Crippen molar-refractivity contribution in [1.82, 2.24) is 5.32 Å². The Labute approximate surface area is 159 Å². The molecule has 0 aliphatic heterocycles. The molecule has 0 radical (unpaired) electrons. The van der Waals surface area contributed by atoms with Crippen molar-refractivity contribution < 1.29 is 18.8 Å². The zero-order chi connectivity index (χ0) is 19.6. The fraction of sp³-hybridized carbons (Fsp3) is 0.524. The zero-order valence-electron chi connectivity index (χ0n) is 16.6. The van der Waals surface area contributed by atoms with E-state index in [1.807, 2.05) is 19.1 Å². The van der Waals surface area contributed by atoms with E-state index in [0.29, 0.717) is 17.9 Å². The number of quaternary nitrogens is 1. The van der Waals surface area contributed by atoms with Gasteiger partial charge in [-0.2, -0.15) is 0 Å². The summed E-state index contributed by atoms with van der Waals surface area (Å²) in [6.07, 6.45) is 2.99. The monoisotopic (exact) mass is 373 g/mol. The van der Waals surface area contributed by atoms with Crippen LogP contribution in [0, 0.1) is 6.92 Å². The van der Waals surface area contributed by atoms with Gasteiger partial charge in [-0.15, -0.1) is 0 Å². The van der Waals surface area contributed by atoms with Gasteiger partial charge in [-0.25, -0.2) is 4.79 Å². The second-order valence-electron chi connectivity index (χ2n) is 7.63. The third-order valence-corrected chi connectivity index (χ3v) is 5.17. The molecule has 2 aromatic rings. The molecule has 6 nitrogen and oxygen atoms in total. The molecule has 2 N–H and O–H groups in total. The lowest BCUT2D eigenvalue weighted by Gasteiger charge is -2.17. The third-order valence-electron chi connectivity index (χ3n) is 5.17. The number of hydrogen-bond acceptors (Lipinski definition) is 4. The van der Waals surface area contributed by atoms with Gasteiger partial charge in [0.1, 0.15) is 11.3 Å². The first-order chi connectivity index (χ1) is 12.9. The molecule has 0 fully saturated rings. The normalized spacial score (nSPS) is 14.4. The summed E-state index contributed by atoms with van der Waals surface area (Å²) in [5.74, 6) is 0.433. The van der Waals surface area contributed by atoms with Crippen LogP contribution >= 0.6 is 0 Å². The summed E-state index contributed by atoms with van der Waals surface area (Å²) in [5.41, 5.74) is 2.99. The summed E-state index contributed by atoms with van der Waals surface area (Å²) in [7, 11) is 4.17. The number of fused-ring (bicyclic) bond motifs is 3. The highest BCUT2D eigenvalue weighted by molar-refractivity contribution is 5.86. The standard InChI is InChI=1S/C21H28N2O4/c1-13-18(26-14(2)20(24)22-11-6-12-23(3)4)10-9-16-15-7-5-8-17(15)21(25)27-19(13)16/h9-10,14H,5-8,11-12H2,1-4H3,(H,22,24)/p+1/t14-/m0/s1. The van der Waals surface area contributed by atoms with Crippen LogP contribution < -0.4 is 20.6 Å². The second kappa shape index (κ2) is 8.13. The Kier molecular flexibility index (Phi) is 5.85. The van der Waals surface area contributed by atoms with Gasteiger partial charge in [0.15, 0.2) is 6.10 Å². The topological polar surface area (TPSA) is 73.0 Å². The molecule has 0 unspecified atom stereocenters. The predicted octanol–water partition coefficient (Wildman–Crippen LogP) is 1.01. The largest absolute Gasteiger partial charge is 0.480 e. The molecule has 1 atom stereocenters. The number of hydrogen-bond donors (Lipinski definition) is 2. The van der Waals surface area contributed by atoms with E-state index >= 15 is 0 Å². The number of nitrogens with one attached hydrogen (secondary N) is 2. The average Bonchev–Trinajstić information content (AvgIpc) is 3.12. The summed E-state index contributed by atoms with van der Waals surface area (Å²) < 4.78 is 11.5. The van der Waals surface area contributed by atoms with Crippen molar-refractivity contribution in [2.24, 2.45) is 0 Å². The maximum Gasteiger partial charge on any atom is 0.339 e. The lowest BCUT2D eigenvalue weighted by Crippen LogP contribution is -3.05. The average molecular weight is 373 g/mol. The van der Waals surface area contributed by atoms with Crippen LogP contribution in [0.15, 0.2) is 21.3 Å². The molecule has 146 valence electrons. The molecule has 3 rings (SSSR count). The first kappa shape index (κ1) is 19.4. The minimum atomic E-state index is -0.617. The minimum Gasteiger partial charge on any atom is -0.480 e. The van der Waals surface area contributed by atoms with Gasteiger partial charge in [0, 0.05) is 29.5 Å². The number of carbonyl (C=O) groups excluding carboxylic acids is 1. The van der Waals surface area contributed by atoms with Gasteiger partial charge in [-0.1, -0.05) is 0 Å². The Morgan fingerprint density at radius 1 is 1.30 bits per heavy atom. The van der Waals surface area contributed by atoms with Crippen molar-refractivity contribution in [2.45, 2.75) is 45.6 Å². The van der Waals surface area contributed by atoms with Crippen LogP contribution in [0.5, 0.6) is 5.75 Å². The molecular weight excluding hydrogens is 344 g/mol. The lowest BCUT2D eigenvalue weighted by atomic mass is 10.0. The third kappa shape index (κ3) is 4.16. The first-order valence-electron chi connectivity index (χ1n) is 9.70. The number of amides is 1. The predicted molar refractivity (Wildman–Crippen MR) is 105 cm³/mol. The molecule has 0 spiro atoms. The Morgan fingerprint density at radius 3 is 2.78 bits per heavy atom. The minimum absolute atomic E-state index is 0.140. The summed E-state index contributed by atoms with van der Waals surface area (Å²) in [5, 5.41) is 3.89. The zero-order valence-corrected chi connectivity index (χ0v) is 16.6. The maximum absolute atomic E-state index is 12.3. The number of rotatable bonds is 7. The highest BCUT2D eigenvalue weighted by Crippen LogP contribution is 2.33. The summed E-state index contributed by atoms with van der Waals surface area (Å²) >= 11 is 0. The highest BCUT2D eigenvalue weighted by Gasteiger charge is 2.22. The summed E-state index contributed by atoms with van der Waals surface area (Å²) in [4.78, 5) is 25.9. The smallest absolute Gasteiger partial charge is 0.339 e. The van der Waals surface area contributed by atoms with E-state index in [4.69, 9.17) is 9.15 Å². The number of carbonyl (C=O) groups is 1.